The molecule has 0 spiro atoms. The number of para-hydroxylation sites is 1. The molecule has 8 heteroatoms. The lowest BCUT2D eigenvalue weighted by molar-refractivity contribution is 0.402. The van der Waals surface area contributed by atoms with E-state index in [1.54, 1.807) is 29.9 Å². The molecule has 2 heterocycles. The Labute approximate surface area is 220 Å². The van der Waals surface area contributed by atoms with Gasteiger partial charge in [0.15, 0.2) is 10.6 Å². The molecule has 1 aliphatic heterocycles. The summed E-state index contributed by atoms with van der Waals surface area (Å²) in [5.74, 6) is 0.543. The van der Waals surface area contributed by atoms with Crippen LogP contribution < -0.4 is 19.6 Å². The Morgan fingerprint density at radius 3 is 2.58 bits per heavy atom. The number of allylic oxidation sites excluding steroid dienone is 1. The molecule has 5 nitrogen and oxygen atoms in total. The van der Waals surface area contributed by atoms with Crippen LogP contribution in [-0.2, 0) is 6.42 Å². The molecule has 0 amide bonds. The van der Waals surface area contributed by atoms with Gasteiger partial charge in [-0.15, -0.1) is 0 Å². The predicted octanol–water partition coefficient (Wildman–Crippen LogP) is 5.34. The van der Waals surface area contributed by atoms with E-state index < -0.39 is 0 Å². The maximum absolute atomic E-state index is 13.9. The summed E-state index contributed by atoms with van der Waals surface area (Å²) in [6, 6.07) is 19.0. The minimum absolute atomic E-state index is 0.125. The summed E-state index contributed by atoms with van der Waals surface area (Å²) in [5, 5.41) is 10.2. The number of fused-ring (bicyclic) bond motifs is 3. The van der Waals surface area contributed by atoms with Crippen molar-refractivity contribution in [3.8, 4) is 11.5 Å². The summed E-state index contributed by atoms with van der Waals surface area (Å²) < 4.78 is 7.98. The van der Waals surface area contributed by atoms with Crippen LogP contribution in [0.4, 0.5) is 0 Å². The quantitative estimate of drug-likeness (QED) is 0.385. The van der Waals surface area contributed by atoms with Gasteiger partial charge in [0.25, 0.3) is 5.56 Å². The number of thiazole rings is 1. The van der Waals surface area contributed by atoms with E-state index in [4.69, 9.17) is 32.9 Å². The van der Waals surface area contributed by atoms with Crippen molar-refractivity contribution in [3.63, 3.8) is 0 Å². The van der Waals surface area contributed by atoms with Crippen LogP contribution in [0.5, 0.6) is 11.5 Å². The number of rotatable bonds is 3. The maximum Gasteiger partial charge on any atom is 0.271 e. The van der Waals surface area contributed by atoms with Crippen molar-refractivity contribution in [2.75, 3.05) is 7.11 Å². The molecular formula is C28H20Cl2N2O3S. The molecule has 1 unspecified atom stereocenters. The van der Waals surface area contributed by atoms with Gasteiger partial charge in [0, 0.05) is 11.1 Å². The molecule has 0 saturated heterocycles. The lowest BCUT2D eigenvalue weighted by atomic mass is 9.83. The average molecular weight is 535 g/mol. The third-order valence-corrected chi connectivity index (χ3v) is 8.20. The fourth-order valence-electron chi connectivity index (χ4n) is 5.01. The van der Waals surface area contributed by atoms with Crippen LogP contribution in [0.25, 0.3) is 11.8 Å². The highest BCUT2D eigenvalue weighted by molar-refractivity contribution is 7.07. The van der Waals surface area contributed by atoms with Gasteiger partial charge in [0.1, 0.15) is 5.75 Å². The lowest BCUT2D eigenvalue weighted by Gasteiger charge is -2.31. The molecule has 1 aliphatic carbocycles. The van der Waals surface area contributed by atoms with E-state index in [0.29, 0.717) is 14.9 Å². The summed E-state index contributed by atoms with van der Waals surface area (Å²) in [4.78, 5) is 19.5. The van der Waals surface area contributed by atoms with Crippen molar-refractivity contribution < 1.29 is 9.84 Å². The van der Waals surface area contributed by atoms with E-state index in [-0.39, 0.29) is 27.4 Å². The summed E-state index contributed by atoms with van der Waals surface area (Å²) in [6.07, 6.45) is 3.41. The second-order valence-electron chi connectivity index (χ2n) is 8.69. The Balaban J connectivity index is 1.64. The van der Waals surface area contributed by atoms with Crippen LogP contribution in [0.1, 0.15) is 34.7 Å². The molecule has 36 heavy (non-hydrogen) atoms. The van der Waals surface area contributed by atoms with Crippen molar-refractivity contribution >= 4 is 46.3 Å². The SMILES string of the molecule is COc1ccccc1C1C2=C(N=c3sc(=Cc4cc(Cl)c(O)c(Cl)c4)c(=O)n31)c1ccccc1CC2. The van der Waals surface area contributed by atoms with E-state index >= 15 is 0 Å². The predicted molar refractivity (Wildman–Crippen MR) is 144 cm³/mol. The van der Waals surface area contributed by atoms with Crippen LogP contribution >= 0.6 is 34.5 Å². The number of benzene rings is 3. The van der Waals surface area contributed by atoms with E-state index in [9.17, 15) is 9.90 Å². The van der Waals surface area contributed by atoms with E-state index in [0.717, 1.165) is 41.0 Å². The third kappa shape index (κ3) is 3.68. The molecule has 0 saturated carbocycles. The first-order valence-electron chi connectivity index (χ1n) is 11.4. The number of phenolic OH excluding ortho intramolecular Hbond substituents is 1. The van der Waals surface area contributed by atoms with Crippen molar-refractivity contribution in [2.45, 2.75) is 18.9 Å². The minimum Gasteiger partial charge on any atom is -0.505 e. The van der Waals surface area contributed by atoms with Gasteiger partial charge in [-0.25, -0.2) is 4.99 Å². The molecule has 0 radical (unpaired) electrons. The maximum atomic E-state index is 13.9. The summed E-state index contributed by atoms with van der Waals surface area (Å²) >= 11 is 13.6. The minimum atomic E-state index is -0.338. The molecular weight excluding hydrogens is 515 g/mol. The normalized spacial score (nSPS) is 16.8. The average Bonchev–Trinajstić information content (AvgIpc) is 3.20. The number of methoxy groups -OCH3 is 1. The smallest absolute Gasteiger partial charge is 0.271 e. The van der Waals surface area contributed by atoms with Gasteiger partial charge >= 0.3 is 0 Å². The van der Waals surface area contributed by atoms with Crippen molar-refractivity contribution in [1.29, 1.82) is 0 Å². The molecule has 3 aromatic carbocycles. The van der Waals surface area contributed by atoms with Crippen LogP contribution in [0.15, 0.2) is 76.0 Å². The second kappa shape index (κ2) is 8.96. The molecule has 180 valence electrons. The van der Waals surface area contributed by atoms with Gasteiger partial charge in [0.05, 0.1) is 33.4 Å². The summed E-state index contributed by atoms with van der Waals surface area (Å²) in [6.45, 7) is 0. The van der Waals surface area contributed by atoms with E-state index in [2.05, 4.69) is 12.1 Å². The van der Waals surface area contributed by atoms with Crippen LogP contribution in [0.2, 0.25) is 10.0 Å². The van der Waals surface area contributed by atoms with Gasteiger partial charge in [-0.05, 0) is 53.8 Å². The van der Waals surface area contributed by atoms with E-state index in [1.807, 2.05) is 36.4 Å². The Hall–Kier alpha value is -3.32. The molecule has 0 fully saturated rings. The fourth-order valence-corrected chi connectivity index (χ4v) is 6.52. The first kappa shape index (κ1) is 23.1. The zero-order valence-electron chi connectivity index (χ0n) is 19.2. The largest absolute Gasteiger partial charge is 0.505 e. The Morgan fingerprint density at radius 1 is 1.08 bits per heavy atom. The molecule has 4 aromatic rings. The molecule has 2 aliphatic rings. The van der Waals surface area contributed by atoms with E-state index in [1.165, 1.54) is 16.9 Å². The number of hydrogen-bond donors (Lipinski definition) is 1. The molecule has 1 atom stereocenters. The highest BCUT2D eigenvalue weighted by Crippen LogP contribution is 2.43. The Kier molecular flexibility index (Phi) is 5.75. The van der Waals surface area contributed by atoms with Gasteiger partial charge < -0.3 is 9.84 Å². The monoisotopic (exact) mass is 534 g/mol. The van der Waals surface area contributed by atoms with Crippen molar-refractivity contribution in [2.24, 2.45) is 4.99 Å². The first-order chi connectivity index (χ1) is 17.5. The Bertz CT molecular complexity index is 1730. The van der Waals surface area contributed by atoms with Gasteiger partial charge in [0.2, 0.25) is 0 Å². The fraction of sp³-hybridized carbons (Fsp3) is 0.143. The van der Waals surface area contributed by atoms with Crippen LogP contribution in [-0.4, -0.2) is 16.8 Å². The van der Waals surface area contributed by atoms with Gasteiger partial charge in [-0.1, -0.05) is 77.0 Å². The number of hydrogen-bond acceptors (Lipinski definition) is 5. The topological polar surface area (TPSA) is 63.8 Å². The number of nitrogens with zero attached hydrogens (tertiary/aromatic N) is 2. The summed E-state index contributed by atoms with van der Waals surface area (Å²) in [5.41, 5.74) is 5.78. The zero-order chi connectivity index (χ0) is 25.0. The number of phenols is 1. The first-order valence-corrected chi connectivity index (χ1v) is 13.0. The molecule has 0 bridgehead atoms. The third-order valence-electron chi connectivity index (χ3n) is 6.64. The van der Waals surface area contributed by atoms with Crippen molar-refractivity contribution in [1.82, 2.24) is 4.57 Å². The Morgan fingerprint density at radius 2 is 1.81 bits per heavy atom. The van der Waals surface area contributed by atoms with Crippen LogP contribution in [0.3, 0.4) is 0 Å². The molecule has 6 rings (SSSR count). The second-order valence-corrected chi connectivity index (χ2v) is 10.5. The highest BCUT2D eigenvalue weighted by atomic mass is 35.5. The lowest BCUT2D eigenvalue weighted by Crippen LogP contribution is -2.39. The van der Waals surface area contributed by atoms with Crippen LogP contribution in [0, 0.1) is 0 Å². The highest BCUT2D eigenvalue weighted by Gasteiger charge is 2.33. The standard InChI is InChI=1S/C28H20Cl2N2O3S/c1-35-22-9-5-4-8-18(22)25-19-11-10-16-6-2-3-7-17(16)24(19)31-28-32(25)27(34)23(36-28)14-15-12-20(29)26(33)21(30)13-15/h2-9,12-14,25,33H,10-11H2,1H3. The van der Waals surface area contributed by atoms with Gasteiger partial charge in [-0.3, -0.25) is 9.36 Å². The molecule has 1 N–H and O–H groups in total. The summed E-state index contributed by atoms with van der Waals surface area (Å²) in [7, 11) is 1.65. The number of ether oxygens (including phenoxy) is 1. The van der Waals surface area contributed by atoms with Gasteiger partial charge in [-0.2, -0.15) is 0 Å². The number of aromatic nitrogens is 1. The molecule has 1 aromatic heterocycles. The number of halogens is 2. The number of aromatic hydroxyl groups is 1. The zero-order valence-corrected chi connectivity index (χ0v) is 21.5. The van der Waals surface area contributed by atoms with Crippen molar-refractivity contribution in [3.05, 3.63) is 118 Å². The number of aryl methyl sites for hydroxylation is 1.